The number of benzene rings is 1. The van der Waals surface area contributed by atoms with Crippen molar-refractivity contribution in [1.29, 1.82) is 0 Å². The molecule has 0 amide bonds. The fourth-order valence-corrected chi connectivity index (χ4v) is 1.87. The first-order valence-corrected chi connectivity index (χ1v) is 5.86. The first-order valence-electron chi connectivity index (χ1n) is 5.86. The van der Waals surface area contributed by atoms with Gasteiger partial charge in [0.2, 0.25) is 0 Å². The van der Waals surface area contributed by atoms with Crippen LogP contribution < -0.4 is 0 Å². The van der Waals surface area contributed by atoms with Crippen LogP contribution in [0.3, 0.4) is 0 Å². The van der Waals surface area contributed by atoms with Gasteiger partial charge in [-0.05, 0) is 30.7 Å². The summed E-state index contributed by atoms with van der Waals surface area (Å²) in [7, 11) is 1.84. The molecular weight excluding hydrogens is 236 g/mol. The van der Waals surface area contributed by atoms with Crippen molar-refractivity contribution < 1.29 is 13.6 Å². The van der Waals surface area contributed by atoms with E-state index in [1.807, 2.05) is 11.9 Å². The summed E-state index contributed by atoms with van der Waals surface area (Å²) in [6.07, 6.45) is 0. The van der Waals surface area contributed by atoms with Gasteiger partial charge in [0.15, 0.2) is 17.4 Å². The van der Waals surface area contributed by atoms with E-state index in [0.29, 0.717) is 0 Å². The van der Waals surface area contributed by atoms with Gasteiger partial charge < -0.3 is 0 Å². The Morgan fingerprint density at radius 2 is 1.83 bits per heavy atom. The maximum atomic E-state index is 13.0. The van der Waals surface area contributed by atoms with E-state index in [1.54, 1.807) is 0 Å². The number of hydrogen-bond acceptors (Lipinski definition) is 2. The zero-order valence-electron chi connectivity index (χ0n) is 11.3. The molecule has 0 N–H and O–H groups in total. The lowest BCUT2D eigenvalue weighted by molar-refractivity contribution is 0.0926. The second kappa shape index (κ2) is 5.57. The van der Waals surface area contributed by atoms with Gasteiger partial charge in [0, 0.05) is 12.1 Å². The Hall–Kier alpha value is -1.29. The molecule has 0 heterocycles. The van der Waals surface area contributed by atoms with E-state index in [9.17, 15) is 13.6 Å². The molecule has 0 saturated heterocycles. The molecule has 2 nitrogen and oxygen atoms in total. The van der Waals surface area contributed by atoms with Crippen LogP contribution in [0.15, 0.2) is 18.2 Å². The molecule has 0 radical (unpaired) electrons. The van der Waals surface area contributed by atoms with E-state index in [4.69, 9.17) is 0 Å². The lowest BCUT2D eigenvalue weighted by Gasteiger charge is -2.25. The van der Waals surface area contributed by atoms with Crippen LogP contribution in [0, 0.1) is 17.0 Å². The van der Waals surface area contributed by atoms with Gasteiger partial charge >= 0.3 is 0 Å². The molecule has 0 saturated carbocycles. The SMILES string of the molecule is CN(CC(=O)c1ccc(F)c(F)c1)CC(C)(C)C. The molecule has 0 aromatic heterocycles. The smallest absolute Gasteiger partial charge is 0.176 e. The zero-order valence-corrected chi connectivity index (χ0v) is 11.3. The number of carbonyl (C=O) groups is 1. The molecule has 0 aliphatic carbocycles. The van der Waals surface area contributed by atoms with E-state index in [-0.39, 0.29) is 23.3 Å². The first-order chi connectivity index (χ1) is 8.19. The summed E-state index contributed by atoms with van der Waals surface area (Å²) in [5.41, 5.74) is 0.290. The predicted molar refractivity (Wildman–Crippen MR) is 67.6 cm³/mol. The Kier molecular flexibility index (Phi) is 4.57. The van der Waals surface area contributed by atoms with E-state index in [2.05, 4.69) is 20.8 Å². The second-order valence-corrected chi connectivity index (χ2v) is 5.79. The van der Waals surface area contributed by atoms with Gasteiger partial charge in [-0.2, -0.15) is 0 Å². The molecule has 0 spiro atoms. The molecule has 4 heteroatoms. The maximum Gasteiger partial charge on any atom is 0.176 e. The zero-order chi connectivity index (χ0) is 13.9. The van der Waals surface area contributed by atoms with Crippen LogP contribution in [0.1, 0.15) is 31.1 Å². The first kappa shape index (κ1) is 14.8. The molecule has 1 rings (SSSR count). The molecule has 0 aliphatic heterocycles. The summed E-state index contributed by atoms with van der Waals surface area (Å²) in [6.45, 7) is 7.17. The summed E-state index contributed by atoms with van der Waals surface area (Å²) in [6, 6.07) is 3.24. The highest BCUT2D eigenvalue weighted by atomic mass is 19.2. The molecule has 1 aromatic carbocycles. The number of hydrogen-bond donors (Lipinski definition) is 0. The molecule has 0 fully saturated rings. The number of ketones is 1. The van der Waals surface area contributed by atoms with Crippen molar-refractivity contribution in [3.63, 3.8) is 0 Å². The highest BCUT2D eigenvalue weighted by Gasteiger charge is 2.17. The van der Waals surface area contributed by atoms with E-state index < -0.39 is 11.6 Å². The molecule has 0 aliphatic rings. The summed E-state index contributed by atoms with van der Waals surface area (Å²) in [5.74, 6) is -2.13. The van der Waals surface area contributed by atoms with Crippen molar-refractivity contribution in [1.82, 2.24) is 4.90 Å². The Balaban J connectivity index is 2.68. The third-order valence-corrected chi connectivity index (χ3v) is 2.40. The number of likely N-dealkylation sites (N-methyl/N-ethyl adjacent to an activating group) is 1. The largest absolute Gasteiger partial charge is 0.298 e. The minimum Gasteiger partial charge on any atom is -0.298 e. The van der Waals surface area contributed by atoms with Gasteiger partial charge in [0.05, 0.1) is 6.54 Å². The number of rotatable bonds is 4. The molecule has 0 bridgehead atoms. The maximum absolute atomic E-state index is 13.0. The lowest BCUT2D eigenvalue weighted by atomic mass is 9.96. The van der Waals surface area contributed by atoms with Crippen molar-refractivity contribution in [3.8, 4) is 0 Å². The van der Waals surface area contributed by atoms with Crippen LogP contribution in [-0.4, -0.2) is 30.8 Å². The van der Waals surface area contributed by atoms with Crippen LogP contribution in [0.4, 0.5) is 8.78 Å². The van der Waals surface area contributed by atoms with Gasteiger partial charge in [-0.25, -0.2) is 8.78 Å². The molecule has 1 aromatic rings. The molecule has 18 heavy (non-hydrogen) atoms. The average molecular weight is 255 g/mol. The Bertz CT molecular complexity index is 438. The average Bonchev–Trinajstić information content (AvgIpc) is 2.18. The van der Waals surface area contributed by atoms with Gasteiger partial charge in [0.1, 0.15) is 0 Å². The van der Waals surface area contributed by atoms with Crippen molar-refractivity contribution in [2.24, 2.45) is 5.41 Å². The summed E-state index contributed by atoms with van der Waals surface area (Å²) in [4.78, 5) is 13.8. The molecule has 0 unspecified atom stereocenters. The van der Waals surface area contributed by atoms with Crippen molar-refractivity contribution in [2.75, 3.05) is 20.1 Å². The summed E-state index contributed by atoms with van der Waals surface area (Å²) < 4.78 is 25.8. The fraction of sp³-hybridized carbons (Fsp3) is 0.500. The number of carbonyl (C=O) groups excluding carboxylic acids is 1. The van der Waals surface area contributed by atoms with Crippen LogP contribution >= 0.6 is 0 Å². The minimum absolute atomic E-state index is 0.0864. The van der Waals surface area contributed by atoms with Gasteiger partial charge in [0.25, 0.3) is 0 Å². The lowest BCUT2D eigenvalue weighted by Crippen LogP contribution is -2.33. The van der Waals surface area contributed by atoms with E-state index >= 15 is 0 Å². The van der Waals surface area contributed by atoms with Crippen LogP contribution in [0.2, 0.25) is 0 Å². The fourth-order valence-electron chi connectivity index (χ4n) is 1.87. The molecule has 0 atom stereocenters. The van der Waals surface area contributed by atoms with Crippen LogP contribution in [-0.2, 0) is 0 Å². The standard InChI is InChI=1S/C14H19F2NO/c1-14(2,3)9-17(4)8-13(18)10-5-6-11(15)12(16)7-10/h5-7H,8-9H2,1-4H3. The van der Waals surface area contributed by atoms with E-state index in [0.717, 1.165) is 18.7 Å². The van der Waals surface area contributed by atoms with Gasteiger partial charge in [-0.1, -0.05) is 20.8 Å². The topological polar surface area (TPSA) is 20.3 Å². The highest BCUT2D eigenvalue weighted by molar-refractivity contribution is 5.97. The number of halogens is 2. The molecular formula is C14H19F2NO. The minimum atomic E-state index is -0.987. The Labute approximate surface area is 107 Å². The van der Waals surface area contributed by atoms with Crippen molar-refractivity contribution in [3.05, 3.63) is 35.4 Å². The summed E-state index contributed by atoms with van der Waals surface area (Å²) >= 11 is 0. The van der Waals surface area contributed by atoms with Crippen molar-refractivity contribution in [2.45, 2.75) is 20.8 Å². The monoisotopic (exact) mass is 255 g/mol. The van der Waals surface area contributed by atoms with E-state index in [1.165, 1.54) is 6.07 Å². The van der Waals surface area contributed by atoms with Gasteiger partial charge in [-0.3, -0.25) is 9.69 Å². The quantitative estimate of drug-likeness (QED) is 0.770. The van der Waals surface area contributed by atoms with Gasteiger partial charge in [-0.15, -0.1) is 0 Å². The van der Waals surface area contributed by atoms with Crippen molar-refractivity contribution >= 4 is 5.78 Å². The third-order valence-electron chi connectivity index (χ3n) is 2.40. The predicted octanol–water partition coefficient (Wildman–Crippen LogP) is 3.13. The summed E-state index contributed by atoms with van der Waals surface area (Å²) in [5, 5.41) is 0. The Morgan fingerprint density at radius 1 is 1.22 bits per heavy atom. The second-order valence-electron chi connectivity index (χ2n) is 5.79. The number of Topliss-reactive ketones (excluding diaryl/α,β-unsaturated/α-hetero) is 1. The Morgan fingerprint density at radius 3 is 2.33 bits per heavy atom. The normalized spacial score (nSPS) is 11.9. The number of nitrogens with zero attached hydrogens (tertiary/aromatic N) is 1. The molecule has 100 valence electrons. The highest BCUT2D eigenvalue weighted by Crippen LogP contribution is 2.15. The van der Waals surface area contributed by atoms with Crippen LogP contribution in [0.5, 0.6) is 0 Å². The third kappa shape index (κ3) is 4.53. The van der Waals surface area contributed by atoms with Crippen LogP contribution in [0.25, 0.3) is 0 Å².